The van der Waals surface area contributed by atoms with Gasteiger partial charge in [-0.3, -0.25) is 4.68 Å². The van der Waals surface area contributed by atoms with E-state index in [1.807, 2.05) is 0 Å². The maximum atomic E-state index is 4.79. The van der Waals surface area contributed by atoms with Crippen LogP contribution in [0, 0.1) is 11.8 Å². The van der Waals surface area contributed by atoms with E-state index in [1.54, 1.807) is 0 Å². The van der Waals surface area contributed by atoms with E-state index in [0.29, 0.717) is 6.04 Å². The van der Waals surface area contributed by atoms with Crippen molar-refractivity contribution in [3.05, 3.63) is 18.0 Å². The molecule has 0 spiro atoms. The van der Waals surface area contributed by atoms with Crippen LogP contribution in [0.5, 0.6) is 0 Å². The Labute approximate surface area is 124 Å². The molecule has 1 aliphatic carbocycles. The van der Waals surface area contributed by atoms with Crippen LogP contribution in [0.15, 0.2) is 12.3 Å². The minimum absolute atomic E-state index is 0.516. The second-order valence-electron chi connectivity index (χ2n) is 6.36. The van der Waals surface area contributed by atoms with Gasteiger partial charge in [0.05, 0.1) is 5.69 Å². The Bertz CT molecular complexity index is 379. The molecule has 1 fully saturated rings. The minimum Gasteiger partial charge on any atom is -0.317 e. The average molecular weight is 277 g/mol. The molecular weight excluding hydrogens is 246 g/mol. The number of aromatic nitrogens is 2. The third-order valence-electron chi connectivity index (χ3n) is 4.90. The second-order valence-corrected chi connectivity index (χ2v) is 6.36. The van der Waals surface area contributed by atoms with Crippen molar-refractivity contribution in [2.45, 2.75) is 65.3 Å². The summed E-state index contributed by atoms with van der Waals surface area (Å²) >= 11 is 0. The molecule has 1 heterocycles. The van der Waals surface area contributed by atoms with E-state index < -0.39 is 0 Å². The normalized spacial score (nSPS) is 19.4. The summed E-state index contributed by atoms with van der Waals surface area (Å²) in [5, 5.41) is 8.34. The smallest absolute Gasteiger partial charge is 0.0628 e. The Morgan fingerprint density at radius 1 is 1.35 bits per heavy atom. The zero-order valence-electron chi connectivity index (χ0n) is 13.4. The summed E-state index contributed by atoms with van der Waals surface area (Å²) in [7, 11) is 0. The van der Waals surface area contributed by atoms with Crippen molar-refractivity contribution in [1.82, 2.24) is 15.1 Å². The molecule has 2 unspecified atom stereocenters. The third-order valence-corrected chi connectivity index (χ3v) is 4.90. The van der Waals surface area contributed by atoms with Gasteiger partial charge in [0.25, 0.3) is 0 Å². The number of rotatable bonds is 8. The first kappa shape index (κ1) is 15.6. The average Bonchev–Trinajstić information content (AvgIpc) is 3.13. The summed E-state index contributed by atoms with van der Waals surface area (Å²) in [6.07, 6.45) is 10.1. The summed E-state index contributed by atoms with van der Waals surface area (Å²) in [6.45, 7) is 8.88. The van der Waals surface area contributed by atoms with Crippen LogP contribution < -0.4 is 5.32 Å². The summed E-state index contributed by atoms with van der Waals surface area (Å²) in [4.78, 5) is 0. The van der Waals surface area contributed by atoms with Crippen LogP contribution in [0.3, 0.4) is 0 Å². The molecule has 3 nitrogen and oxygen atoms in total. The molecular formula is C17H31N3. The van der Waals surface area contributed by atoms with Crippen LogP contribution >= 0.6 is 0 Å². The van der Waals surface area contributed by atoms with Gasteiger partial charge < -0.3 is 5.32 Å². The number of hydrogen-bond donors (Lipinski definition) is 1. The van der Waals surface area contributed by atoms with Crippen molar-refractivity contribution in [1.29, 1.82) is 0 Å². The maximum absolute atomic E-state index is 4.79. The molecule has 0 aliphatic heterocycles. The Kier molecular flexibility index (Phi) is 6.08. The molecule has 114 valence electrons. The van der Waals surface area contributed by atoms with E-state index in [2.05, 4.69) is 43.0 Å². The fraction of sp³-hybridized carbons (Fsp3) is 0.824. The predicted molar refractivity (Wildman–Crippen MR) is 84.9 cm³/mol. The first-order chi connectivity index (χ1) is 9.74. The molecule has 1 aliphatic rings. The summed E-state index contributed by atoms with van der Waals surface area (Å²) in [5.41, 5.74) is 1.28. The van der Waals surface area contributed by atoms with Gasteiger partial charge in [-0.15, -0.1) is 0 Å². The molecule has 20 heavy (non-hydrogen) atoms. The molecule has 1 N–H and O–H groups in total. The fourth-order valence-electron chi connectivity index (χ4n) is 3.35. The Morgan fingerprint density at radius 3 is 2.75 bits per heavy atom. The predicted octanol–water partition coefficient (Wildman–Crippen LogP) is 3.81. The molecule has 0 bridgehead atoms. The quantitative estimate of drug-likeness (QED) is 0.783. The van der Waals surface area contributed by atoms with E-state index in [4.69, 9.17) is 5.10 Å². The summed E-state index contributed by atoms with van der Waals surface area (Å²) in [6, 6.07) is 2.74. The molecule has 2 atom stereocenters. The molecule has 1 aromatic heterocycles. The maximum Gasteiger partial charge on any atom is 0.0628 e. The zero-order valence-corrected chi connectivity index (χ0v) is 13.4. The molecule has 1 aromatic rings. The topological polar surface area (TPSA) is 29.9 Å². The van der Waals surface area contributed by atoms with Crippen molar-refractivity contribution < 1.29 is 0 Å². The minimum atomic E-state index is 0.516. The number of nitrogens with one attached hydrogen (secondary N) is 1. The SMILES string of the molecule is CCNCC(Cc1ccn(C(C)CC)n1)C1CCCC1. The van der Waals surface area contributed by atoms with Gasteiger partial charge in [0, 0.05) is 12.2 Å². The van der Waals surface area contributed by atoms with E-state index in [-0.39, 0.29) is 0 Å². The molecule has 0 amide bonds. The molecule has 2 rings (SSSR count). The van der Waals surface area contributed by atoms with Crippen molar-refractivity contribution in [2.24, 2.45) is 11.8 Å². The first-order valence-corrected chi connectivity index (χ1v) is 8.49. The van der Waals surface area contributed by atoms with Gasteiger partial charge in [-0.05, 0) is 50.8 Å². The summed E-state index contributed by atoms with van der Waals surface area (Å²) in [5.74, 6) is 1.67. The lowest BCUT2D eigenvalue weighted by Gasteiger charge is -2.23. The zero-order chi connectivity index (χ0) is 14.4. The summed E-state index contributed by atoms with van der Waals surface area (Å²) < 4.78 is 2.13. The van der Waals surface area contributed by atoms with Gasteiger partial charge in [-0.25, -0.2) is 0 Å². The van der Waals surface area contributed by atoms with Crippen LogP contribution in [0.1, 0.15) is 64.6 Å². The van der Waals surface area contributed by atoms with Crippen LogP contribution in [0.4, 0.5) is 0 Å². The van der Waals surface area contributed by atoms with E-state index in [0.717, 1.165) is 37.8 Å². The lowest BCUT2D eigenvalue weighted by molar-refractivity contribution is 0.319. The van der Waals surface area contributed by atoms with Crippen LogP contribution in [-0.2, 0) is 6.42 Å². The lowest BCUT2D eigenvalue weighted by Crippen LogP contribution is -2.29. The van der Waals surface area contributed by atoms with Gasteiger partial charge in [0.15, 0.2) is 0 Å². The molecule has 1 saturated carbocycles. The van der Waals surface area contributed by atoms with Gasteiger partial charge in [0.1, 0.15) is 0 Å². The van der Waals surface area contributed by atoms with Crippen molar-refractivity contribution in [2.75, 3.05) is 13.1 Å². The van der Waals surface area contributed by atoms with E-state index in [1.165, 1.54) is 31.4 Å². The Morgan fingerprint density at radius 2 is 2.10 bits per heavy atom. The fourth-order valence-corrected chi connectivity index (χ4v) is 3.35. The van der Waals surface area contributed by atoms with Crippen LogP contribution in [0.2, 0.25) is 0 Å². The van der Waals surface area contributed by atoms with Gasteiger partial charge in [0.2, 0.25) is 0 Å². The molecule has 0 saturated heterocycles. The van der Waals surface area contributed by atoms with Gasteiger partial charge in [-0.2, -0.15) is 5.10 Å². The van der Waals surface area contributed by atoms with E-state index in [9.17, 15) is 0 Å². The lowest BCUT2D eigenvalue weighted by atomic mass is 9.87. The highest BCUT2D eigenvalue weighted by Crippen LogP contribution is 2.32. The number of hydrogen-bond acceptors (Lipinski definition) is 2. The highest BCUT2D eigenvalue weighted by molar-refractivity contribution is 5.02. The number of nitrogens with zero attached hydrogens (tertiary/aromatic N) is 2. The highest BCUT2D eigenvalue weighted by atomic mass is 15.3. The largest absolute Gasteiger partial charge is 0.317 e. The van der Waals surface area contributed by atoms with E-state index >= 15 is 0 Å². The van der Waals surface area contributed by atoms with Crippen molar-refractivity contribution >= 4 is 0 Å². The Hall–Kier alpha value is -0.830. The van der Waals surface area contributed by atoms with Gasteiger partial charge in [-0.1, -0.05) is 39.5 Å². The van der Waals surface area contributed by atoms with Crippen molar-refractivity contribution in [3.8, 4) is 0 Å². The first-order valence-electron chi connectivity index (χ1n) is 8.49. The molecule has 0 aromatic carbocycles. The Balaban J connectivity index is 1.97. The standard InChI is InChI=1S/C17H31N3/c1-4-14(3)20-11-10-17(19-20)12-16(13-18-5-2)15-8-6-7-9-15/h10-11,14-16,18H,4-9,12-13H2,1-3H3. The van der Waals surface area contributed by atoms with Crippen molar-refractivity contribution in [3.63, 3.8) is 0 Å². The van der Waals surface area contributed by atoms with Crippen LogP contribution in [-0.4, -0.2) is 22.9 Å². The third kappa shape index (κ3) is 4.08. The highest BCUT2D eigenvalue weighted by Gasteiger charge is 2.25. The van der Waals surface area contributed by atoms with Gasteiger partial charge >= 0.3 is 0 Å². The molecule has 3 heteroatoms. The second kappa shape index (κ2) is 7.82. The molecule has 0 radical (unpaired) electrons. The van der Waals surface area contributed by atoms with Crippen LogP contribution in [0.25, 0.3) is 0 Å². The monoisotopic (exact) mass is 277 g/mol.